The summed E-state index contributed by atoms with van der Waals surface area (Å²) in [4.78, 5) is 11.9. The quantitative estimate of drug-likeness (QED) is 0.765. The van der Waals surface area contributed by atoms with Crippen LogP contribution < -0.4 is 16.0 Å². The highest BCUT2D eigenvalue weighted by atomic mass is 35.5. The van der Waals surface area contributed by atoms with E-state index in [-0.39, 0.29) is 6.03 Å². The third-order valence-electron chi connectivity index (χ3n) is 2.94. The second-order valence-electron chi connectivity index (χ2n) is 4.65. The molecule has 2 rings (SSSR count). The van der Waals surface area contributed by atoms with E-state index < -0.39 is 0 Å². The first-order chi connectivity index (χ1) is 10.1. The zero-order chi connectivity index (χ0) is 15.2. The highest BCUT2D eigenvalue weighted by Gasteiger charge is 2.04. The maximum Gasteiger partial charge on any atom is 0.323 e. The molecular formula is C16H18ClN3O. The largest absolute Gasteiger partial charge is 0.385 e. The Labute approximate surface area is 129 Å². The molecule has 0 saturated carbocycles. The molecule has 0 aliphatic carbocycles. The first-order valence-electron chi connectivity index (χ1n) is 6.76. The summed E-state index contributed by atoms with van der Waals surface area (Å²) in [6.07, 6.45) is 0. The van der Waals surface area contributed by atoms with Crippen molar-refractivity contribution in [3.63, 3.8) is 0 Å². The minimum atomic E-state index is -0.284. The van der Waals surface area contributed by atoms with Crippen LogP contribution in [0.1, 0.15) is 12.5 Å². The number of carbonyl (C=O) groups excluding carboxylic acids is 1. The van der Waals surface area contributed by atoms with Crippen molar-refractivity contribution in [3.8, 4) is 0 Å². The minimum absolute atomic E-state index is 0.284. The molecule has 21 heavy (non-hydrogen) atoms. The predicted molar refractivity (Wildman–Crippen MR) is 89.4 cm³/mol. The average molecular weight is 304 g/mol. The van der Waals surface area contributed by atoms with Gasteiger partial charge in [0.2, 0.25) is 0 Å². The van der Waals surface area contributed by atoms with Crippen molar-refractivity contribution in [2.45, 2.75) is 13.8 Å². The fourth-order valence-corrected chi connectivity index (χ4v) is 2.01. The normalized spacial score (nSPS) is 10.0. The van der Waals surface area contributed by atoms with E-state index in [0.29, 0.717) is 10.7 Å². The van der Waals surface area contributed by atoms with E-state index in [2.05, 4.69) is 16.0 Å². The van der Waals surface area contributed by atoms with Crippen molar-refractivity contribution in [2.24, 2.45) is 0 Å². The molecule has 0 aliphatic rings. The van der Waals surface area contributed by atoms with Crippen molar-refractivity contribution < 1.29 is 4.79 Å². The number of hydrogen-bond acceptors (Lipinski definition) is 2. The summed E-state index contributed by atoms with van der Waals surface area (Å²) in [7, 11) is 0. The standard InChI is InChI=1S/C16H18ClN3O/c1-3-18-12-4-6-13(7-5-12)19-16(21)20-14-8-9-15(17)11(2)10-14/h4-10,18H,3H2,1-2H3,(H2,19,20,21). The van der Waals surface area contributed by atoms with Gasteiger partial charge in [0.25, 0.3) is 0 Å². The van der Waals surface area contributed by atoms with Gasteiger partial charge >= 0.3 is 6.03 Å². The maximum absolute atomic E-state index is 11.9. The number of benzene rings is 2. The van der Waals surface area contributed by atoms with Gasteiger partial charge in [-0.15, -0.1) is 0 Å². The Balaban J connectivity index is 1.96. The zero-order valence-electron chi connectivity index (χ0n) is 12.0. The van der Waals surface area contributed by atoms with Gasteiger partial charge in [0.15, 0.2) is 0 Å². The van der Waals surface area contributed by atoms with Gasteiger partial charge < -0.3 is 16.0 Å². The van der Waals surface area contributed by atoms with Gasteiger partial charge in [0.1, 0.15) is 0 Å². The van der Waals surface area contributed by atoms with Gasteiger partial charge in [-0.3, -0.25) is 0 Å². The molecule has 4 nitrogen and oxygen atoms in total. The molecule has 2 aromatic rings. The van der Waals surface area contributed by atoms with E-state index in [4.69, 9.17) is 11.6 Å². The summed E-state index contributed by atoms with van der Waals surface area (Å²) < 4.78 is 0. The van der Waals surface area contributed by atoms with E-state index >= 15 is 0 Å². The van der Waals surface area contributed by atoms with Crippen LogP contribution in [0.4, 0.5) is 21.9 Å². The Morgan fingerprint density at radius 1 is 1.00 bits per heavy atom. The van der Waals surface area contributed by atoms with Gasteiger partial charge in [-0.25, -0.2) is 4.79 Å². The van der Waals surface area contributed by atoms with Crippen molar-refractivity contribution in [2.75, 3.05) is 22.5 Å². The number of amides is 2. The molecule has 0 unspecified atom stereocenters. The molecule has 0 aliphatic heterocycles. The maximum atomic E-state index is 11.9. The van der Waals surface area contributed by atoms with E-state index in [1.54, 1.807) is 12.1 Å². The van der Waals surface area contributed by atoms with Crippen LogP contribution in [0.15, 0.2) is 42.5 Å². The number of nitrogens with one attached hydrogen (secondary N) is 3. The Morgan fingerprint density at radius 3 is 2.19 bits per heavy atom. The molecule has 110 valence electrons. The molecule has 0 saturated heterocycles. The molecule has 0 spiro atoms. The molecule has 0 radical (unpaired) electrons. The summed E-state index contributed by atoms with van der Waals surface area (Å²) in [5.74, 6) is 0. The monoisotopic (exact) mass is 303 g/mol. The third-order valence-corrected chi connectivity index (χ3v) is 3.36. The Bertz CT molecular complexity index is 626. The van der Waals surface area contributed by atoms with Gasteiger partial charge in [-0.05, 0) is 61.9 Å². The first-order valence-corrected chi connectivity index (χ1v) is 7.14. The summed E-state index contributed by atoms with van der Waals surface area (Å²) >= 11 is 5.95. The van der Waals surface area contributed by atoms with Gasteiger partial charge in [-0.1, -0.05) is 11.6 Å². The van der Waals surface area contributed by atoms with Crippen LogP contribution in [0, 0.1) is 6.92 Å². The summed E-state index contributed by atoms with van der Waals surface area (Å²) in [5, 5.41) is 9.44. The number of carbonyl (C=O) groups is 1. The molecular weight excluding hydrogens is 286 g/mol. The number of halogens is 1. The van der Waals surface area contributed by atoms with Gasteiger partial charge in [0.05, 0.1) is 0 Å². The summed E-state index contributed by atoms with van der Waals surface area (Å²) in [6, 6.07) is 12.6. The second-order valence-corrected chi connectivity index (χ2v) is 5.06. The minimum Gasteiger partial charge on any atom is -0.385 e. The van der Waals surface area contributed by atoms with Crippen molar-refractivity contribution in [1.82, 2.24) is 0 Å². The molecule has 0 heterocycles. The lowest BCUT2D eigenvalue weighted by molar-refractivity contribution is 0.262. The van der Waals surface area contributed by atoms with Crippen molar-refractivity contribution >= 4 is 34.7 Å². The fourth-order valence-electron chi connectivity index (χ4n) is 1.89. The Kier molecular flexibility index (Phi) is 5.06. The molecule has 0 fully saturated rings. The second kappa shape index (κ2) is 6.99. The molecule has 2 aromatic carbocycles. The lowest BCUT2D eigenvalue weighted by Gasteiger charge is -2.09. The molecule has 3 N–H and O–H groups in total. The smallest absolute Gasteiger partial charge is 0.323 e. The Hall–Kier alpha value is -2.20. The SMILES string of the molecule is CCNc1ccc(NC(=O)Nc2ccc(Cl)c(C)c2)cc1. The van der Waals surface area contributed by atoms with Crippen molar-refractivity contribution in [3.05, 3.63) is 53.1 Å². The highest BCUT2D eigenvalue weighted by Crippen LogP contribution is 2.20. The summed E-state index contributed by atoms with van der Waals surface area (Å²) in [5.41, 5.74) is 3.39. The number of rotatable bonds is 4. The van der Waals surface area contributed by atoms with E-state index in [9.17, 15) is 4.79 Å². The molecule has 0 atom stereocenters. The lowest BCUT2D eigenvalue weighted by atomic mass is 10.2. The average Bonchev–Trinajstić information content (AvgIpc) is 2.45. The lowest BCUT2D eigenvalue weighted by Crippen LogP contribution is -2.19. The van der Waals surface area contributed by atoms with Crippen LogP contribution >= 0.6 is 11.6 Å². The highest BCUT2D eigenvalue weighted by molar-refractivity contribution is 6.31. The molecule has 5 heteroatoms. The number of anilines is 3. The van der Waals surface area contributed by atoms with E-state index in [1.807, 2.05) is 44.2 Å². The van der Waals surface area contributed by atoms with Gasteiger partial charge in [-0.2, -0.15) is 0 Å². The Morgan fingerprint density at radius 2 is 1.57 bits per heavy atom. The number of urea groups is 1. The van der Waals surface area contributed by atoms with E-state index in [0.717, 1.165) is 23.5 Å². The number of hydrogen-bond donors (Lipinski definition) is 3. The molecule has 0 bridgehead atoms. The van der Waals surface area contributed by atoms with Gasteiger partial charge in [0, 0.05) is 28.6 Å². The fraction of sp³-hybridized carbons (Fsp3) is 0.188. The van der Waals surface area contributed by atoms with E-state index in [1.165, 1.54) is 0 Å². The topological polar surface area (TPSA) is 53.2 Å². The van der Waals surface area contributed by atoms with Crippen molar-refractivity contribution in [1.29, 1.82) is 0 Å². The first kappa shape index (κ1) is 15.2. The molecule has 2 amide bonds. The van der Waals surface area contributed by atoms with Crippen LogP contribution in [0.3, 0.4) is 0 Å². The molecule has 0 aromatic heterocycles. The van der Waals surface area contributed by atoms with Crippen LogP contribution in [0.2, 0.25) is 5.02 Å². The zero-order valence-corrected chi connectivity index (χ0v) is 12.8. The predicted octanol–water partition coefficient (Wildman–Crippen LogP) is 4.72. The third kappa shape index (κ3) is 4.39. The van der Waals surface area contributed by atoms with Crippen LogP contribution in [-0.4, -0.2) is 12.6 Å². The van der Waals surface area contributed by atoms with Crippen LogP contribution in [0.5, 0.6) is 0 Å². The number of aryl methyl sites for hydroxylation is 1. The van der Waals surface area contributed by atoms with Crippen LogP contribution in [0.25, 0.3) is 0 Å². The van der Waals surface area contributed by atoms with Crippen LogP contribution in [-0.2, 0) is 0 Å². The summed E-state index contributed by atoms with van der Waals surface area (Å²) in [6.45, 7) is 4.79.